The van der Waals surface area contributed by atoms with Crippen LogP contribution in [-0.2, 0) is 9.59 Å². The summed E-state index contributed by atoms with van der Waals surface area (Å²) >= 11 is 0. The Morgan fingerprint density at radius 2 is 1.86 bits per heavy atom. The van der Waals surface area contributed by atoms with Crippen LogP contribution in [0.4, 0.5) is 5.69 Å². The van der Waals surface area contributed by atoms with Crippen molar-refractivity contribution in [3.05, 3.63) is 29.3 Å². The summed E-state index contributed by atoms with van der Waals surface area (Å²) in [6.07, 6.45) is 3.21. The van der Waals surface area contributed by atoms with E-state index in [0.29, 0.717) is 6.54 Å². The van der Waals surface area contributed by atoms with Crippen LogP contribution in [-0.4, -0.2) is 24.9 Å². The van der Waals surface area contributed by atoms with E-state index in [9.17, 15) is 9.59 Å². The van der Waals surface area contributed by atoms with Crippen LogP contribution in [0.25, 0.3) is 0 Å². The monoisotopic (exact) mass is 290 g/mol. The molecular weight excluding hydrogens is 264 g/mol. The molecule has 0 fully saturated rings. The van der Waals surface area contributed by atoms with Gasteiger partial charge in [-0.3, -0.25) is 9.59 Å². The molecule has 0 atom stereocenters. The minimum atomic E-state index is -0.123. The predicted molar refractivity (Wildman–Crippen MR) is 86.5 cm³/mol. The van der Waals surface area contributed by atoms with Gasteiger partial charge < -0.3 is 10.2 Å². The van der Waals surface area contributed by atoms with Gasteiger partial charge in [0.25, 0.3) is 0 Å². The van der Waals surface area contributed by atoms with Gasteiger partial charge in [0.05, 0.1) is 0 Å². The summed E-state index contributed by atoms with van der Waals surface area (Å²) in [7, 11) is 0. The normalized spacial score (nSPS) is 10.3. The highest BCUT2D eigenvalue weighted by atomic mass is 16.2. The van der Waals surface area contributed by atoms with Crippen LogP contribution in [0.2, 0.25) is 0 Å². The van der Waals surface area contributed by atoms with E-state index in [-0.39, 0.29) is 18.4 Å². The van der Waals surface area contributed by atoms with Crippen LogP contribution in [0.3, 0.4) is 0 Å². The summed E-state index contributed by atoms with van der Waals surface area (Å²) in [5.41, 5.74) is 3.06. The summed E-state index contributed by atoms with van der Waals surface area (Å²) in [5, 5.41) is 2.87. The maximum Gasteiger partial charge on any atom is 0.240 e. The van der Waals surface area contributed by atoms with Crippen molar-refractivity contribution in [1.82, 2.24) is 5.32 Å². The van der Waals surface area contributed by atoms with Gasteiger partial charge in [0, 0.05) is 19.2 Å². The third kappa shape index (κ3) is 5.58. The Labute approximate surface area is 127 Å². The van der Waals surface area contributed by atoms with E-state index >= 15 is 0 Å². The number of nitrogens with zero attached hydrogens (tertiary/aromatic N) is 1. The lowest BCUT2D eigenvalue weighted by Crippen LogP contribution is -2.40. The van der Waals surface area contributed by atoms with Crippen molar-refractivity contribution in [2.24, 2.45) is 0 Å². The fraction of sp³-hybridized carbons (Fsp3) is 0.529. The number of benzene rings is 1. The van der Waals surface area contributed by atoms with Crippen molar-refractivity contribution in [3.63, 3.8) is 0 Å². The molecule has 0 bridgehead atoms. The molecule has 0 radical (unpaired) electrons. The van der Waals surface area contributed by atoms with Crippen LogP contribution in [0, 0.1) is 13.8 Å². The molecule has 1 rings (SSSR count). The first kappa shape index (κ1) is 17.2. The van der Waals surface area contributed by atoms with Gasteiger partial charge in [-0.1, -0.05) is 25.8 Å². The van der Waals surface area contributed by atoms with Crippen LogP contribution < -0.4 is 10.2 Å². The summed E-state index contributed by atoms with van der Waals surface area (Å²) in [5.74, 6) is -0.235. The molecule has 0 aromatic heterocycles. The molecule has 0 aliphatic heterocycles. The third-order valence-electron chi connectivity index (χ3n) is 3.59. The molecule has 0 aliphatic carbocycles. The molecule has 0 heterocycles. The van der Waals surface area contributed by atoms with Gasteiger partial charge in [-0.15, -0.1) is 0 Å². The van der Waals surface area contributed by atoms with Gasteiger partial charge >= 0.3 is 0 Å². The largest absolute Gasteiger partial charge is 0.355 e. The van der Waals surface area contributed by atoms with E-state index in [1.807, 2.05) is 32.0 Å². The number of rotatable bonds is 7. The summed E-state index contributed by atoms with van der Waals surface area (Å²) in [6, 6.07) is 5.80. The molecule has 0 spiro atoms. The van der Waals surface area contributed by atoms with Crippen molar-refractivity contribution in [2.75, 3.05) is 18.0 Å². The number of carbonyl (C=O) groups is 2. The van der Waals surface area contributed by atoms with Crippen LogP contribution in [0.5, 0.6) is 0 Å². The minimum absolute atomic E-state index is 0.0734. The van der Waals surface area contributed by atoms with Crippen molar-refractivity contribution < 1.29 is 9.59 Å². The molecule has 0 saturated heterocycles. The number of carbonyl (C=O) groups excluding carboxylic acids is 2. The SMILES string of the molecule is CCCCCNC(=O)CN(C(C)=O)c1ccc(C)c(C)c1. The molecule has 4 nitrogen and oxygen atoms in total. The topological polar surface area (TPSA) is 49.4 Å². The quantitative estimate of drug-likeness (QED) is 0.785. The van der Waals surface area contributed by atoms with E-state index in [4.69, 9.17) is 0 Å². The molecular formula is C17H26N2O2. The van der Waals surface area contributed by atoms with Crippen molar-refractivity contribution >= 4 is 17.5 Å². The highest BCUT2D eigenvalue weighted by molar-refractivity contribution is 5.97. The zero-order chi connectivity index (χ0) is 15.8. The molecule has 1 aromatic rings. The van der Waals surface area contributed by atoms with Gasteiger partial charge in [-0.2, -0.15) is 0 Å². The van der Waals surface area contributed by atoms with Gasteiger partial charge in [0.2, 0.25) is 11.8 Å². The molecule has 21 heavy (non-hydrogen) atoms. The Bertz CT molecular complexity index is 498. The Morgan fingerprint density at radius 1 is 1.14 bits per heavy atom. The second-order valence-electron chi connectivity index (χ2n) is 5.43. The zero-order valence-corrected chi connectivity index (χ0v) is 13.5. The van der Waals surface area contributed by atoms with E-state index in [0.717, 1.165) is 30.5 Å². The Hall–Kier alpha value is -1.84. The van der Waals surface area contributed by atoms with Crippen molar-refractivity contribution in [3.8, 4) is 0 Å². The number of amides is 2. The van der Waals surface area contributed by atoms with Crippen LogP contribution >= 0.6 is 0 Å². The number of aryl methyl sites for hydroxylation is 2. The fourth-order valence-corrected chi connectivity index (χ4v) is 2.08. The Morgan fingerprint density at radius 3 is 2.43 bits per heavy atom. The van der Waals surface area contributed by atoms with E-state index in [2.05, 4.69) is 12.2 Å². The van der Waals surface area contributed by atoms with E-state index < -0.39 is 0 Å². The number of hydrogen-bond acceptors (Lipinski definition) is 2. The number of hydrogen-bond donors (Lipinski definition) is 1. The first-order chi connectivity index (χ1) is 9.95. The fourth-order valence-electron chi connectivity index (χ4n) is 2.08. The number of nitrogens with one attached hydrogen (secondary N) is 1. The molecule has 1 N–H and O–H groups in total. The zero-order valence-electron chi connectivity index (χ0n) is 13.5. The van der Waals surface area contributed by atoms with E-state index in [1.165, 1.54) is 17.4 Å². The maximum absolute atomic E-state index is 11.9. The lowest BCUT2D eigenvalue weighted by molar-refractivity contribution is -0.123. The molecule has 0 unspecified atom stereocenters. The lowest BCUT2D eigenvalue weighted by Gasteiger charge is -2.21. The van der Waals surface area contributed by atoms with Crippen molar-refractivity contribution in [1.29, 1.82) is 0 Å². The standard InChI is InChI=1S/C17H26N2O2/c1-5-6-7-10-18-17(21)12-19(15(4)20)16-9-8-13(2)14(3)11-16/h8-9,11H,5-7,10,12H2,1-4H3,(H,18,21). The minimum Gasteiger partial charge on any atom is -0.355 e. The summed E-state index contributed by atoms with van der Waals surface area (Å²) in [6.45, 7) is 8.38. The summed E-state index contributed by atoms with van der Waals surface area (Å²) in [4.78, 5) is 25.3. The molecule has 0 aliphatic rings. The van der Waals surface area contributed by atoms with Gasteiger partial charge in [-0.05, 0) is 43.5 Å². The average Bonchev–Trinajstić information content (AvgIpc) is 2.44. The number of unbranched alkanes of at least 4 members (excludes halogenated alkanes) is 2. The third-order valence-corrected chi connectivity index (χ3v) is 3.59. The molecule has 0 saturated carbocycles. The van der Waals surface area contributed by atoms with Crippen LogP contribution in [0.15, 0.2) is 18.2 Å². The molecule has 2 amide bonds. The van der Waals surface area contributed by atoms with Crippen LogP contribution in [0.1, 0.15) is 44.2 Å². The lowest BCUT2D eigenvalue weighted by atomic mass is 10.1. The Balaban J connectivity index is 2.67. The van der Waals surface area contributed by atoms with E-state index in [1.54, 1.807) is 0 Å². The molecule has 1 aromatic carbocycles. The molecule has 4 heteroatoms. The highest BCUT2D eigenvalue weighted by Gasteiger charge is 2.15. The Kier molecular flexibility index (Phi) is 6.92. The molecule has 116 valence electrons. The first-order valence-electron chi connectivity index (χ1n) is 7.57. The summed E-state index contributed by atoms with van der Waals surface area (Å²) < 4.78 is 0. The first-order valence-corrected chi connectivity index (χ1v) is 7.57. The number of anilines is 1. The maximum atomic E-state index is 11.9. The smallest absolute Gasteiger partial charge is 0.240 e. The second-order valence-corrected chi connectivity index (χ2v) is 5.43. The van der Waals surface area contributed by atoms with Gasteiger partial charge in [0.15, 0.2) is 0 Å². The van der Waals surface area contributed by atoms with Gasteiger partial charge in [-0.25, -0.2) is 0 Å². The highest BCUT2D eigenvalue weighted by Crippen LogP contribution is 2.18. The van der Waals surface area contributed by atoms with Gasteiger partial charge in [0.1, 0.15) is 6.54 Å². The second kappa shape index (κ2) is 8.45. The average molecular weight is 290 g/mol. The van der Waals surface area contributed by atoms with Crippen molar-refractivity contribution in [2.45, 2.75) is 47.0 Å². The predicted octanol–water partition coefficient (Wildman–Crippen LogP) is 2.96.